The molecule has 1 atom stereocenters. The maximum atomic E-state index is 10.7. The van der Waals surface area contributed by atoms with Crippen molar-refractivity contribution in [1.82, 2.24) is 10.3 Å². The molecule has 0 aliphatic carbocycles. The highest BCUT2D eigenvalue weighted by molar-refractivity contribution is 5.50. The Hall–Kier alpha value is -3.28. The van der Waals surface area contributed by atoms with E-state index in [-0.39, 0.29) is 5.76 Å². The average Bonchev–Trinajstić information content (AvgIpc) is 2.77. The van der Waals surface area contributed by atoms with Gasteiger partial charge in [-0.05, 0) is 68.5 Å². The zero-order valence-corrected chi connectivity index (χ0v) is 17.6. The average molecular weight is 409 g/mol. The lowest BCUT2D eigenvalue weighted by Crippen LogP contribution is -2.31. The van der Waals surface area contributed by atoms with E-state index in [0.29, 0.717) is 12.8 Å². The summed E-state index contributed by atoms with van der Waals surface area (Å²) in [4.78, 5) is 15.0. The summed E-state index contributed by atoms with van der Waals surface area (Å²) in [6, 6.07) is 13.4. The van der Waals surface area contributed by atoms with E-state index in [0.717, 1.165) is 55.0 Å². The summed E-state index contributed by atoms with van der Waals surface area (Å²) >= 11 is 0. The van der Waals surface area contributed by atoms with E-state index in [1.165, 1.54) is 0 Å². The second-order valence-electron chi connectivity index (χ2n) is 7.13. The van der Waals surface area contributed by atoms with Gasteiger partial charge in [-0.1, -0.05) is 31.2 Å². The van der Waals surface area contributed by atoms with Crippen LogP contribution >= 0.6 is 0 Å². The molecule has 0 spiro atoms. The van der Waals surface area contributed by atoms with Gasteiger partial charge in [-0.25, -0.2) is 4.98 Å². The van der Waals surface area contributed by atoms with Gasteiger partial charge < -0.3 is 21.1 Å². The van der Waals surface area contributed by atoms with Gasteiger partial charge in [-0.3, -0.25) is 4.79 Å². The Morgan fingerprint density at radius 1 is 1.17 bits per heavy atom. The van der Waals surface area contributed by atoms with E-state index in [1.807, 2.05) is 42.5 Å². The molecule has 2 rings (SSSR count). The molecule has 1 amide bonds. The number of aliphatic hydroxyl groups excluding tert-OH is 1. The third kappa shape index (κ3) is 8.39. The third-order valence-corrected chi connectivity index (χ3v) is 4.76. The molecule has 4 N–H and O–H groups in total. The van der Waals surface area contributed by atoms with Crippen LogP contribution in [0.5, 0.6) is 0 Å². The highest BCUT2D eigenvalue weighted by Gasteiger charge is 2.12. The van der Waals surface area contributed by atoms with E-state index in [4.69, 9.17) is 0 Å². The molecule has 1 aromatic carbocycles. The number of amides is 1. The Kier molecular flexibility index (Phi) is 10.00. The summed E-state index contributed by atoms with van der Waals surface area (Å²) in [5, 5.41) is 19.2. The summed E-state index contributed by atoms with van der Waals surface area (Å²) in [5.41, 5.74) is 3.00. The number of nitrogens with one attached hydrogen (secondary N) is 3. The van der Waals surface area contributed by atoms with Crippen molar-refractivity contribution in [2.75, 3.05) is 17.2 Å². The lowest BCUT2D eigenvalue weighted by Gasteiger charge is -2.16. The molecule has 0 aliphatic rings. The Morgan fingerprint density at radius 2 is 1.97 bits per heavy atom. The summed E-state index contributed by atoms with van der Waals surface area (Å²) < 4.78 is 0. The normalized spacial score (nSPS) is 12.1. The minimum Gasteiger partial charge on any atom is -0.510 e. The quantitative estimate of drug-likeness (QED) is 0.205. The Morgan fingerprint density at radius 3 is 2.63 bits per heavy atom. The van der Waals surface area contributed by atoms with Gasteiger partial charge in [-0.2, -0.15) is 0 Å². The van der Waals surface area contributed by atoms with Gasteiger partial charge in [0.05, 0.1) is 6.04 Å². The summed E-state index contributed by atoms with van der Waals surface area (Å²) in [7, 11) is 0. The first-order chi connectivity index (χ1) is 14.6. The first-order valence-electron chi connectivity index (χ1n) is 10.4. The van der Waals surface area contributed by atoms with Crippen molar-refractivity contribution >= 4 is 17.9 Å². The fraction of sp³-hybridized carbons (Fsp3) is 0.333. The van der Waals surface area contributed by atoms with Crippen LogP contribution in [0, 0.1) is 0 Å². The first kappa shape index (κ1) is 23.0. The molecule has 1 heterocycles. The van der Waals surface area contributed by atoms with Crippen LogP contribution in [0.4, 0.5) is 11.5 Å². The predicted molar refractivity (Wildman–Crippen MR) is 123 cm³/mol. The molecule has 2 aromatic rings. The van der Waals surface area contributed by atoms with Crippen LogP contribution in [-0.2, 0) is 11.2 Å². The second-order valence-corrected chi connectivity index (χ2v) is 7.13. The van der Waals surface area contributed by atoms with E-state index < -0.39 is 6.04 Å². The number of anilines is 2. The number of nitrogens with zero attached hydrogens (tertiary/aromatic N) is 1. The molecule has 6 nitrogen and oxygen atoms in total. The topological polar surface area (TPSA) is 86.3 Å². The van der Waals surface area contributed by atoms with Gasteiger partial charge in [0.1, 0.15) is 11.6 Å². The largest absolute Gasteiger partial charge is 0.510 e. The lowest BCUT2D eigenvalue weighted by molar-refractivity contribution is -0.110. The van der Waals surface area contributed by atoms with E-state index in [2.05, 4.69) is 27.5 Å². The van der Waals surface area contributed by atoms with Crippen molar-refractivity contribution in [2.45, 2.75) is 45.1 Å². The number of pyridine rings is 1. The Balaban J connectivity index is 1.66. The SMILES string of the molecule is C=C(CCCCCNc1ccccn1)Nc1ccc(CC(NC=O)/C(O)=C\C)cc1. The van der Waals surface area contributed by atoms with Crippen LogP contribution in [0.15, 0.2) is 72.8 Å². The Bertz CT molecular complexity index is 804. The fourth-order valence-corrected chi connectivity index (χ4v) is 3.08. The summed E-state index contributed by atoms with van der Waals surface area (Å²) in [6.45, 7) is 6.78. The number of hydrogen-bond acceptors (Lipinski definition) is 5. The van der Waals surface area contributed by atoms with Gasteiger partial charge >= 0.3 is 0 Å². The zero-order valence-electron chi connectivity index (χ0n) is 17.6. The van der Waals surface area contributed by atoms with Crippen LogP contribution in [0.1, 0.15) is 38.2 Å². The molecule has 0 radical (unpaired) electrons. The van der Waals surface area contributed by atoms with Gasteiger partial charge in [0.2, 0.25) is 6.41 Å². The van der Waals surface area contributed by atoms with E-state index in [1.54, 1.807) is 19.2 Å². The van der Waals surface area contributed by atoms with Crippen LogP contribution < -0.4 is 16.0 Å². The zero-order chi connectivity index (χ0) is 21.6. The van der Waals surface area contributed by atoms with Gasteiger partial charge in [0, 0.05) is 24.1 Å². The molecule has 0 saturated heterocycles. The third-order valence-electron chi connectivity index (χ3n) is 4.76. The number of hydrogen-bond donors (Lipinski definition) is 4. The van der Waals surface area contributed by atoms with Crippen LogP contribution in [0.2, 0.25) is 0 Å². The number of aromatic nitrogens is 1. The van der Waals surface area contributed by atoms with Crippen molar-refractivity contribution in [3.63, 3.8) is 0 Å². The number of rotatable bonds is 14. The first-order valence-corrected chi connectivity index (χ1v) is 10.4. The second kappa shape index (κ2) is 13.0. The molecule has 1 unspecified atom stereocenters. The van der Waals surface area contributed by atoms with Crippen LogP contribution in [0.25, 0.3) is 0 Å². The number of carbonyl (C=O) groups excluding carboxylic acids is 1. The number of unbranched alkanes of at least 4 members (excludes halogenated alkanes) is 2. The monoisotopic (exact) mass is 408 g/mol. The summed E-state index contributed by atoms with van der Waals surface area (Å²) in [5.74, 6) is 1.08. The van der Waals surface area contributed by atoms with E-state index in [9.17, 15) is 9.90 Å². The summed E-state index contributed by atoms with van der Waals surface area (Å²) in [6.07, 6.45) is 8.74. The maximum Gasteiger partial charge on any atom is 0.207 e. The number of benzene rings is 1. The Labute approximate surface area is 179 Å². The lowest BCUT2D eigenvalue weighted by atomic mass is 10.0. The standard InChI is InChI=1S/C24H32N4O2/c1-3-23(30)22(27-18-29)17-20-11-13-21(14-12-20)28-19(2)9-5-4-7-15-25-24-10-6-8-16-26-24/h3,6,8,10-14,16,18,22,28,30H,2,4-5,7,9,15,17H2,1H3,(H,25,26)(H,27,29)/b23-3+. The van der Waals surface area contributed by atoms with Crippen molar-refractivity contribution in [3.05, 3.63) is 78.3 Å². The molecule has 0 bridgehead atoms. The number of allylic oxidation sites excluding steroid dienone is 2. The maximum absolute atomic E-state index is 10.7. The minimum atomic E-state index is -0.409. The van der Waals surface area contributed by atoms with Crippen molar-refractivity contribution in [1.29, 1.82) is 0 Å². The molecule has 1 aromatic heterocycles. The highest BCUT2D eigenvalue weighted by atomic mass is 16.3. The number of carbonyl (C=O) groups is 1. The van der Waals surface area contributed by atoms with Crippen LogP contribution in [-0.4, -0.2) is 29.1 Å². The minimum absolute atomic E-state index is 0.160. The van der Waals surface area contributed by atoms with Crippen molar-refractivity contribution in [2.24, 2.45) is 0 Å². The van der Waals surface area contributed by atoms with Gasteiger partial charge in [0.25, 0.3) is 0 Å². The molecular formula is C24H32N4O2. The molecular weight excluding hydrogens is 376 g/mol. The van der Waals surface area contributed by atoms with Crippen molar-refractivity contribution < 1.29 is 9.90 Å². The molecule has 0 saturated carbocycles. The highest BCUT2D eigenvalue weighted by Crippen LogP contribution is 2.16. The molecule has 160 valence electrons. The molecule has 30 heavy (non-hydrogen) atoms. The smallest absolute Gasteiger partial charge is 0.207 e. The fourth-order valence-electron chi connectivity index (χ4n) is 3.08. The van der Waals surface area contributed by atoms with Crippen LogP contribution in [0.3, 0.4) is 0 Å². The van der Waals surface area contributed by atoms with E-state index >= 15 is 0 Å². The van der Waals surface area contributed by atoms with Gasteiger partial charge in [-0.15, -0.1) is 0 Å². The predicted octanol–water partition coefficient (Wildman–Crippen LogP) is 4.80. The number of aliphatic hydroxyl groups is 1. The van der Waals surface area contributed by atoms with Crippen molar-refractivity contribution in [3.8, 4) is 0 Å². The molecule has 0 aliphatic heterocycles. The molecule has 6 heteroatoms. The van der Waals surface area contributed by atoms with Gasteiger partial charge in [0.15, 0.2) is 0 Å². The molecule has 0 fully saturated rings.